The predicted molar refractivity (Wildman–Crippen MR) is 95.6 cm³/mol. The van der Waals surface area contributed by atoms with Crippen molar-refractivity contribution in [3.8, 4) is 0 Å². The maximum Gasteiger partial charge on any atom is 0.323 e. The summed E-state index contributed by atoms with van der Waals surface area (Å²) in [5, 5.41) is 10.1. The van der Waals surface area contributed by atoms with Crippen LogP contribution in [0.5, 0.6) is 0 Å². The number of carbonyl (C=O) groups is 1. The van der Waals surface area contributed by atoms with Crippen molar-refractivity contribution < 1.29 is 19.4 Å². The van der Waals surface area contributed by atoms with Crippen LogP contribution < -0.4 is 17.0 Å². The molecule has 0 aromatic carbocycles. The van der Waals surface area contributed by atoms with E-state index in [4.69, 9.17) is 20.9 Å². The fourth-order valence-corrected chi connectivity index (χ4v) is 2.18. The number of imidazole rings is 1. The number of rotatable bonds is 7. The highest BCUT2D eigenvalue weighted by molar-refractivity contribution is 5.85. The average Bonchev–Trinajstić information content (AvgIpc) is 2.97. The number of nitrogens with zero attached hydrogens (tertiary/aromatic N) is 3. The Labute approximate surface area is 155 Å². The monoisotopic (exact) mass is 390 g/mol. The molecule has 0 saturated heterocycles. The summed E-state index contributed by atoms with van der Waals surface area (Å²) < 4.78 is 11.5. The van der Waals surface area contributed by atoms with Gasteiger partial charge in [-0.3, -0.25) is 14.6 Å². The summed E-state index contributed by atoms with van der Waals surface area (Å²) in [5.41, 5.74) is 10.9. The Hall–Kier alpha value is -2.21. The number of nitrogen functional groups attached to an aromatic ring is 1. The first-order valence-electron chi connectivity index (χ1n) is 7.61. The number of ether oxygens (including phenoxy) is 2. The zero-order valence-corrected chi connectivity index (χ0v) is 15.4. The summed E-state index contributed by atoms with van der Waals surface area (Å²) in [6, 6.07) is -1.69. The minimum absolute atomic E-state index is 0. The van der Waals surface area contributed by atoms with E-state index in [-0.39, 0.29) is 42.0 Å². The number of aliphatic hydroxyl groups excluding tert-OH is 1. The Morgan fingerprint density at radius 1 is 1.46 bits per heavy atom. The van der Waals surface area contributed by atoms with E-state index in [0.717, 1.165) is 0 Å². The van der Waals surface area contributed by atoms with Crippen LogP contribution in [-0.4, -0.2) is 56.6 Å². The van der Waals surface area contributed by atoms with E-state index < -0.39 is 29.9 Å². The highest BCUT2D eigenvalue weighted by Gasteiger charge is 2.27. The maximum absolute atomic E-state index is 12.0. The predicted octanol–water partition coefficient (Wildman–Crippen LogP) is -0.844. The molecule has 0 fully saturated rings. The number of esters is 1. The van der Waals surface area contributed by atoms with Gasteiger partial charge in [-0.2, -0.15) is 4.98 Å². The maximum atomic E-state index is 12.0. The number of H-pyrrole nitrogens is 1. The second-order valence-corrected chi connectivity index (χ2v) is 5.87. The molecule has 0 aliphatic heterocycles. The van der Waals surface area contributed by atoms with E-state index in [9.17, 15) is 14.7 Å². The molecular formula is C14H23ClN6O5. The van der Waals surface area contributed by atoms with Crippen molar-refractivity contribution >= 4 is 35.5 Å². The molecule has 2 unspecified atom stereocenters. The van der Waals surface area contributed by atoms with Crippen molar-refractivity contribution in [3.05, 3.63) is 16.7 Å². The van der Waals surface area contributed by atoms with Gasteiger partial charge in [0.05, 0.1) is 6.33 Å². The van der Waals surface area contributed by atoms with E-state index in [1.807, 2.05) is 0 Å². The lowest BCUT2D eigenvalue weighted by Crippen LogP contribution is -2.39. The molecule has 0 radical (unpaired) electrons. The van der Waals surface area contributed by atoms with Crippen molar-refractivity contribution in [1.29, 1.82) is 0 Å². The summed E-state index contributed by atoms with van der Waals surface area (Å²) in [4.78, 5) is 34.1. The van der Waals surface area contributed by atoms with Crippen molar-refractivity contribution in [2.45, 2.75) is 32.2 Å². The number of carbonyl (C=O) groups excluding carboxylic acids is 1. The highest BCUT2D eigenvalue weighted by atomic mass is 35.5. The lowest BCUT2D eigenvalue weighted by Gasteiger charge is -2.24. The van der Waals surface area contributed by atoms with Crippen molar-refractivity contribution in [3.63, 3.8) is 0 Å². The summed E-state index contributed by atoms with van der Waals surface area (Å²) >= 11 is 0. The van der Waals surface area contributed by atoms with Crippen LogP contribution in [-0.2, 0) is 14.3 Å². The SMILES string of the molecule is COC(O)C(COC(=O)[C@@H](N)C(C)C)n1cnc2c(=O)[nH]c(N)nc21.Cl. The topological polar surface area (TPSA) is 171 Å². The molecule has 3 atom stereocenters. The van der Waals surface area contributed by atoms with Gasteiger partial charge >= 0.3 is 5.97 Å². The fourth-order valence-electron chi connectivity index (χ4n) is 2.18. The number of fused-ring (bicyclic) bond motifs is 1. The molecule has 12 heteroatoms. The average molecular weight is 391 g/mol. The number of aromatic amines is 1. The molecule has 0 aliphatic carbocycles. The van der Waals surface area contributed by atoms with Crippen LogP contribution in [0, 0.1) is 5.92 Å². The third kappa shape index (κ3) is 4.49. The summed E-state index contributed by atoms with van der Waals surface area (Å²) in [5.74, 6) is -0.825. The third-order valence-electron chi connectivity index (χ3n) is 3.77. The van der Waals surface area contributed by atoms with E-state index >= 15 is 0 Å². The lowest BCUT2D eigenvalue weighted by molar-refractivity contribution is -0.156. The lowest BCUT2D eigenvalue weighted by atomic mass is 10.1. The minimum atomic E-state index is -1.34. The number of nitrogens with one attached hydrogen (secondary N) is 1. The normalized spacial score (nSPS) is 14.7. The van der Waals surface area contributed by atoms with Gasteiger partial charge in [0.1, 0.15) is 18.7 Å². The second kappa shape index (κ2) is 8.94. The molecule has 2 heterocycles. The molecule has 0 saturated carbocycles. The summed E-state index contributed by atoms with van der Waals surface area (Å²) in [7, 11) is 1.28. The summed E-state index contributed by atoms with van der Waals surface area (Å²) in [6.45, 7) is 3.32. The highest BCUT2D eigenvalue weighted by Crippen LogP contribution is 2.19. The molecule has 0 spiro atoms. The van der Waals surface area contributed by atoms with Crippen molar-refractivity contribution in [1.82, 2.24) is 19.5 Å². The molecular weight excluding hydrogens is 368 g/mol. The van der Waals surface area contributed by atoms with E-state index in [1.165, 1.54) is 18.0 Å². The van der Waals surface area contributed by atoms with Crippen LogP contribution in [0.15, 0.2) is 11.1 Å². The molecule has 146 valence electrons. The number of aliphatic hydroxyl groups is 1. The second-order valence-electron chi connectivity index (χ2n) is 5.87. The zero-order chi connectivity index (χ0) is 18.7. The van der Waals surface area contributed by atoms with Crippen molar-refractivity contribution in [2.75, 3.05) is 19.5 Å². The van der Waals surface area contributed by atoms with Crippen LogP contribution in [0.1, 0.15) is 19.9 Å². The number of nitrogens with two attached hydrogens (primary N) is 2. The van der Waals surface area contributed by atoms with Gasteiger partial charge in [-0.05, 0) is 5.92 Å². The molecule has 11 nitrogen and oxygen atoms in total. The number of hydrogen-bond donors (Lipinski definition) is 4. The molecule has 2 aromatic rings. The largest absolute Gasteiger partial charge is 0.462 e. The number of methoxy groups -OCH3 is 1. The van der Waals surface area contributed by atoms with E-state index in [1.54, 1.807) is 13.8 Å². The van der Waals surface area contributed by atoms with Crippen molar-refractivity contribution in [2.24, 2.45) is 11.7 Å². The summed E-state index contributed by atoms with van der Waals surface area (Å²) in [6.07, 6.45) is -0.0575. The van der Waals surface area contributed by atoms with Gasteiger partial charge in [0.15, 0.2) is 17.5 Å². The third-order valence-corrected chi connectivity index (χ3v) is 3.77. The van der Waals surface area contributed by atoms with Gasteiger partial charge in [0, 0.05) is 7.11 Å². The Morgan fingerprint density at radius 2 is 2.12 bits per heavy atom. The first-order valence-corrected chi connectivity index (χ1v) is 7.61. The van der Waals surface area contributed by atoms with Crippen LogP contribution in [0.4, 0.5) is 5.95 Å². The first-order chi connectivity index (χ1) is 11.8. The van der Waals surface area contributed by atoms with Gasteiger partial charge in [-0.25, -0.2) is 4.98 Å². The molecule has 6 N–H and O–H groups in total. The quantitative estimate of drug-likeness (QED) is 0.347. The first kappa shape index (κ1) is 21.8. The molecule has 0 amide bonds. The molecule has 0 bridgehead atoms. The minimum Gasteiger partial charge on any atom is -0.462 e. The number of anilines is 1. The fraction of sp³-hybridized carbons (Fsp3) is 0.571. The molecule has 2 rings (SSSR count). The zero-order valence-electron chi connectivity index (χ0n) is 14.6. The number of aromatic nitrogens is 4. The van der Waals surface area contributed by atoms with Gasteiger partial charge in [0.25, 0.3) is 5.56 Å². The van der Waals surface area contributed by atoms with E-state index in [2.05, 4.69) is 15.0 Å². The van der Waals surface area contributed by atoms with Crippen LogP contribution in [0.2, 0.25) is 0 Å². The standard InChI is InChI=1S/C14H22N6O5.ClH/c1-6(2)8(15)13(23)25-4-7(12(22)24-3)20-5-17-9-10(20)18-14(16)19-11(9)21;/h5-8,12,22H,4,15H2,1-3H3,(H3,16,18,19,21);1H/t7?,8-,12?;/m0./s1. The number of halogens is 1. The van der Waals surface area contributed by atoms with Crippen LogP contribution in [0.3, 0.4) is 0 Å². The Kier molecular flexibility index (Phi) is 7.51. The van der Waals surface area contributed by atoms with E-state index in [0.29, 0.717) is 0 Å². The Morgan fingerprint density at radius 3 is 2.69 bits per heavy atom. The van der Waals surface area contributed by atoms with Gasteiger partial charge in [-0.15, -0.1) is 12.4 Å². The Balaban J connectivity index is 0.00000338. The smallest absolute Gasteiger partial charge is 0.323 e. The molecule has 26 heavy (non-hydrogen) atoms. The van der Waals surface area contributed by atoms with Gasteiger partial charge in [0.2, 0.25) is 5.95 Å². The van der Waals surface area contributed by atoms with Gasteiger partial charge < -0.3 is 30.6 Å². The molecule has 2 aromatic heterocycles. The Bertz CT molecular complexity index is 807. The molecule has 0 aliphatic rings. The van der Waals surface area contributed by atoms with Crippen LogP contribution >= 0.6 is 12.4 Å². The van der Waals surface area contributed by atoms with Gasteiger partial charge in [-0.1, -0.05) is 13.8 Å². The number of hydrogen-bond acceptors (Lipinski definition) is 9. The van der Waals surface area contributed by atoms with Crippen LogP contribution in [0.25, 0.3) is 11.2 Å².